The van der Waals surface area contributed by atoms with Crippen molar-refractivity contribution in [2.24, 2.45) is 4.99 Å². The van der Waals surface area contributed by atoms with E-state index in [2.05, 4.69) is 10.3 Å². The molecule has 1 rings (SSSR count). The standard InChI is InChI=1S/C13H18N2O2/c1-10(15-13(2,3)4)14-12(16)17-11-8-6-5-7-9-11/h5-9H,1-4H3,(H,14,15,16). The van der Waals surface area contributed by atoms with E-state index in [4.69, 9.17) is 4.74 Å². The second-order valence-electron chi connectivity index (χ2n) is 4.70. The van der Waals surface area contributed by atoms with Gasteiger partial charge in [0.25, 0.3) is 0 Å². The molecule has 0 fully saturated rings. The first-order valence-corrected chi connectivity index (χ1v) is 5.47. The number of benzene rings is 1. The molecule has 0 atom stereocenters. The van der Waals surface area contributed by atoms with Crippen LogP contribution in [0.4, 0.5) is 4.79 Å². The monoisotopic (exact) mass is 234 g/mol. The summed E-state index contributed by atoms with van der Waals surface area (Å²) in [5.41, 5.74) is -0.218. The molecule has 1 aromatic carbocycles. The van der Waals surface area contributed by atoms with E-state index in [-0.39, 0.29) is 5.54 Å². The number of rotatable bonds is 1. The Hall–Kier alpha value is -1.84. The van der Waals surface area contributed by atoms with Gasteiger partial charge in [0.1, 0.15) is 11.6 Å². The average Bonchev–Trinajstić information content (AvgIpc) is 2.15. The molecule has 1 N–H and O–H groups in total. The Morgan fingerprint density at radius 2 is 1.82 bits per heavy atom. The Morgan fingerprint density at radius 3 is 2.35 bits per heavy atom. The number of amides is 1. The molecular weight excluding hydrogens is 216 g/mol. The third kappa shape index (κ3) is 5.70. The summed E-state index contributed by atoms with van der Waals surface area (Å²) < 4.78 is 5.07. The number of aliphatic imine (C=N–C) groups is 1. The first-order chi connectivity index (χ1) is 7.87. The molecule has 17 heavy (non-hydrogen) atoms. The largest absolute Gasteiger partial charge is 0.418 e. The maximum Gasteiger partial charge on any atom is 0.418 e. The highest BCUT2D eigenvalue weighted by molar-refractivity contribution is 5.94. The lowest BCUT2D eigenvalue weighted by molar-refractivity contribution is 0.206. The molecule has 1 aromatic rings. The molecule has 0 aromatic heterocycles. The van der Waals surface area contributed by atoms with Crippen LogP contribution in [0, 0.1) is 0 Å². The van der Waals surface area contributed by atoms with Crippen LogP contribution in [-0.2, 0) is 0 Å². The summed E-state index contributed by atoms with van der Waals surface area (Å²) in [6, 6.07) is 8.90. The molecule has 92 valence electrons. The fourth-order valence-corrected chi connectivity index (χ4v) is 1.30. The zero-order valence-electron chi connectivity index (χ0n) is 10.7. The molecule has 0 aliphatic rings. The van der Waals surface area contributed by atoms with Crippen molar-refractivity contribution in [1.82, 2.24) is 5.32 Å². The third-order valence-electron chi connectivity index (χ3n) is 1.74. The second-order valence-corrected chi connectivity index (χ2v) is 4.70. The predicted molar refractivity (Wildman–Crippen MR) is 68.5 cm³/mol. The van der Waals surface area contributed by atoms with Gasteiger partial charge < -0.3 is 4.74 Å². The Balaban J connectivity index is 2.54. The van der Waals surface area contributed by atoms with E-state index in [1.807, 2.05) is 26.8 Å². The van der Waals surface area contributed by atoms with Crippen LogP contribution in [0.3, 0.4) is 0 Å². The lowest BCUT2D eigenvalue weighted by atomic mass is 10.1. The number of ether oxygens (including phenoxy) is 1. The minimum atomic E-state index is -0.526. The zero-order chi connectivity index (χ0) is 12.9. The summed E-state index contributed by atoms with van der Waals surface area (Å²) in [6.45, 7) is 7.61. The van der Waals surface area contributed by atoms with Crippen LogP contribution in [0.15, 0.2) is 35.3 Å². The highest BCUT2D eigenvalue weighted by Gasteiger charge is 2.10. The molecule has 0 radical (unpaired) electrons. The highest BCUT2D eigenvalue weighted by Crippen LogP contribution is 2.09. The topological polar surface area (TPSA) is 50.7 Å². The average molecular weight is 234 g/mol. The molecular formula is C13H18N2O2. The number of carbonyl (C=O) groups is 1. The van der Waals surface area contributed by atoms with E-state index < -0.39 is 6.09 Å². The lowest BCUT2D eigenvalue weighted by Crippen LogP contribution is -2.33. The number of nitrogens with one attached hydrogen (secondary N) is 1. The number of hydrogen-bond donors (Lipinski definition) is 1. The van der Waals surface area contributed by atoms with Crippen molar-refractivity contribution in [1.29, 1.82) is 0 Å². The van der Waals surface area contributed by atoms with E-state index >= 15 is 0 Å². The molecule has 0 saturated carbocycles. The summed E-state index contributed by atoms with van der Waals surface area (Å²) >= 11 is 0. The maximum atomic E-state index is 11.5. The number of nitrogens with zero attached hydrogens (tertiary/aromatic N) is 1. The molecule has 4 nitrogen and oxygen atoms in total. The van der Waals surface area contributed by atoms with Gasteiger partial charge >= 0.3 is 6.09 Å². The summed E-state index contributed by atoms with van der Waals surface area (Å²) in [6.07, 6.45) is -0.526. The predicted octanol–water partition coefficient (Wildman–Crippen LogP) is 2.99. The summed E-state index contributed by atoms with van der Waals surface area (Å²) in [5, 5.41) is 2.57. The van der Waals surface area contributed by atoms with Crippen molar-refractivity contribution in [2.75, 3.05) is 0 Å². The van der Waals surface area contributed by atoms with Crippen LogP contribution in [0.25, 0.3) is 0 Å². The Kier molecular flexibility index (Phi) is 4.26. The molecule has 0 unspecified atom stereocenters. The smallest absolute Gasteiger partial charge is 0.410 e. The minimum absolute atomic E-state index is 0.218. The number of para-hydroxylation sites is 1. The molecule has 0 aliphatic carbocycles. The van der Waals surface area contributed by atoms with Crippen molar-refractivity contribution in [3.05, 3.63) is 30.3 Å². The lowest BCUT2D eigenvalue weighted by Gasteiger charge is -2.14. The molecule has 0 spiro atoms. The molecule has 1 amide bonds. The van der Waals surface area contributed by atoms with Gasteiger partial charge in [0, 0.05) is 0 Å². The Bertz CT molecular complexity index is 405. The van der Waals surface area contributed by atoms with Crippen molar-refractivity contribution in [3.63, 3.8) is 0 Å². The van der Waals surface area contributed by atoms with Gasteiger partial charge in [-0.15, -0.1) is 0 Å². The van der Waals surface area contributed by atoms with E-state index in [0.29, 0.717) is 11.6 Å². The fourth-order valence-electron chi connectivity index (χ4n) is 1.30. The van der Waals surface area contributed by atoms with Crippen LogP contribution >= 0.6 is 0 Å². The van der Waals surface area contributed by atoms with Crippen LogP contribution in [-0.4, -0.2) is 17.5 Å². The quantitative estimate of drug-likeness (QED) is 0.600. The number of carbonyl (C=O) groups excluding carboxylic acids is 1. The fraction of sp³-hybridized carbons (Fsp3) is 0.385. The molecule has 0 bridgehead atoms. The van der Waals surface area contributed by atoms with Crippen molar-refractivity contribution in [2.45, 2.75) is 33.2 Å². The van der Waals surface area contributed by atoms with Crippen LogP contribution in [0.5, 0.6) is 5.75 Å². The normalized spacial score (nSPS) is 12.1. The summed E-state index contributed by atoms with van der Waals surface area (Å²) in [7, 11) is 0. The van der Waals surface area contributed by atoms with Gasteiger partial charge in [-0.3, -0.25) is 10.3 Å². The van der Waals surface area contributed by atoms with Gasteiger partial charge in [0.05, 0.1) is 5.54 Å². The summed E-state index contributed by atoms with van der Waals surface area (Å²) in [5.74, 6) is 1.05. The number of hydrogen-bond acceptors (Lipinski definition) is 3. The SMILES string of the molecule is CC(=NC(C)(C)C)NC(=O)Oc1ccccc1. The van der Waals surface area contributed by atoms with Crippen LogP contribution < -0.4 is 10.1 Å². The van der Waals surface area contributed by atoms with Crippen molar-refractivity contribution < 1.29 is 9.53 Å². The third-order valence-corrected chi connectivity index (χ3v) is 1.74. The van der Waals surface area contributed by atoms with E-state index in [1.54, 1.807) is 31.2 Å². The van der Waals surface area contributed by atoms with Crippen LogP contribution in [0.2, 0.25) is 0 Å². The molecule has 0 aliphatic heterocycles. The zero-order valence-corrected chi connectivity index (χ0v) is 10.7. The Morgan fingerprint density at radius 1 is 1.24 bits per heavy atom. The van der Waals surface area contributed by atoms with Gasteiger partial charge in [-0.2, -0.15) is 0 Å². The minimum Gasteiger partial charge on any atom is -0.410 e. The van der Waals surface area contributed by atoms with Gasteiger partial charge in [0.2, 0.25) is 0 Å². The van der Waals surface area contributed by atoms with Gasteiger partial charge in [0.15, 0.2) is 0 Å². The van der Waals surface area contributed by atoms with E-state index in [0.717, 1.165) is 0 Å². The first kappa shape index (κ1) is 13.2. The Labute approximate surface area is 102 Å². The second kappa shape index (κ2) is 5.48. The molecule has 0 heterocycles. The maximum absolute atomic E-state index is 11.5. The molecule has 4 heteroatoms. The van der Waals surface area contributed by atoms with E-state index in [9.17, 15) is 4.79 Å². The van der Waals surface area contributed by atoms with E-state index in [1.165, 1.54) is 0 Å². The van der Waals surface area contributed by atoms with Crippen LogP contribution in [0.1, 0.15) is 27.7 Å². The van der Waals surface area contributed by atoms with Gasteiger partial charge in [-0.25, -0.2) is 4.79 Å². The molecule has 0 saturated heterocycles. The van der Waals surface area contributed by atoms with Crippen molar-refractivity contribution in [3.8, 4) is 5.75 Å². The highest BCUT2D eigenvalue weighted by atomic mass is 16.6. The first-order valence-electron chi connectivity index (χ1n) is 5.47. The summed E-state index contributed by atoms with van der Waals surface area (Å²) in [4.78, 5) is 15.8. The number of amidine groups is 1. The van der Waals surface area contributed by atoms with Gasteiger partial charge in [-0.05, 0) is 39.8 Å². The van der Waals surface area contributed by atoms with Gasteiger partial charge in [-0.1, -0.05) is 18.2 Å². The van der Waals surface area contributed by atoms with Crippen molar-refractivity contribution >= 4 is 11.9 Å².